The number of benzene rings is 2. The molecule has 8 nitrogen and oxygen atoms in total. The van der Waals surface area contributed by atoms with E-state index in [9.17, 15) is 9.59 Å². The fraction of sp³-hybridized carbons (Fsp3) is 0.238. The second kappa shape index (κ2) is 9.50. The summed E-state index contributed by atoms with van der Waals surface area (Å²) in [7, 11) is 0. The van der Waals surface area contributed by atoms with E-state index in [1.807, 2.05) is 31.2 Å². The van der Waals surface area contributed by atoms with Gasteiger partial charge in [0.2, 0.25) is 23.5 Å². The van der Waals surface area contributed by atoms with Crippen molar-refractivity contribution in [2.45, 2.75) is 26.2 Å². The SMILES string of the molecule is Cc1ccc(-c2noc(CCC(=O)Nc3ccc(OCCC(N)=O)cc3)n2)cc1. The van der Waals surface area contributed by atoms with Gasteiger partial charge >= 0.3 is 0 Å². The maximum absolute atomic E-state index is 12.1. The van der Waals surface area contributed by atoms with Crippen molar-refractivity contribution in [3.05, 3.63) is 60.0 Å². The van der Waals surface area contributed by atoms with Gasteiger partial charge in [0.25, 0.3) is 0 Å². The molecule has 0 saturated heterocycles. The van der Waals surface area contributed by atoms with E-state index in [1.54, 1.807) is 24.3 Å². The Morgan fingerprint density at radius 1 is 1.07 bits per heavy atom. The molecule has 3 N–H and O–H groups in total. The molecule has 0 unspecified atom stereocenters. The number of nitrogens with zero attached hydrogens (tertiary/aromatic N) is 2. The van der Waals surface area contributed by atoms with Gasteiger partial charge in [0.15, 0.2) is 0 Å². The van der Waals surface area contributed by atoms with Gasteiger partial charge < -0.3 is 20.3 Å². The van der Waals surface area contributed by atoms with Crippen molar-refractivity contribution in [1.82, 2.24) is 10.1 Å². The molecule has 0 aliphatic heterocycles. The monoisotopic (exact) mass is 394 g/mol. The highest BCUT2D eigenvalue weighted by Gasteiger charge is 2.11. The molecule has 0 aliphatic rings. The molecule has 2 aromatic carbocycles. The first-order valence-electron chi connectivity index (χ1n) is 9.20. The molecule has 0 saturated carbocycles. The zero-order chi connectivity index (χ0) is 20.6. The number of anilines is 1. The van der Waals surface area contributed by atoms with Crippen LogP contribution >= 0.6 is 0 Å². The van der Waals surface area contributed by atoms with E-state index in [0.717, 1.165) is 11.1 Å². The van der Waals surface area contributed by atoms with Crippen LogP contribution in [0.2, 0.25) is 0 Å². The van der Waals surface area contributed by atoms with E-state index < -0.39 is 5.91 Å². The summed E-state index contributed by atoms with van der Waals surface area (Å²) in [5.41, 5.74) is 7.72. The van der Waals surface area contributed by atoms with Gasteiger partial charge in [-0.05, 0) is 31.2 Å². The van der Waals surface area contributed by atoms with Crippen molar-refractivity contribution in [3.63, 3.8) is 0 Å². The third-order valence-electron chi connectivity index (χ3n) is 4.10. The molecule has 1 heterocycles. The number of primary amides is 1. The summed E-state index contributed by atoms with van der Waals surface area (Å²) in [4.78, 5) is 27.2. The van der Waals surface area contributed by atoms with Crippen LogP contribution in [0.4, 0.5) is 5.69 Å². The van der Waals surface area contributed by atoms with Crippen LogP contribution in [-0.4, -0.2) is 28.6 Å². The molecule has 0 radical (unpaired) electrons. The number of amides is 2. The third kappa shape index (κ3) is 6.17. The highest BCUT2D eigenvalue weighted by molar-refractivity contribution is 5.90. The number of nitrogens with one attached hydrogen (secondary N) is 1. The Balaban J connectivity index is 1.46. The van der Waals surface area contributed by atoms with E-state index in [1.165, 1.54) is 0 Å². The number of carbonyl (C=O) groups excluding carboxylic acids is 2. The van der Waals surface area contributed by atoms with Crippen molar-refractivity contribution < 1.29 is 18.8 Å². The van der Waals surface area contributed by atoms with Crippen LogP contribution in [0.3, 0.4) is 0 Å². The Morgan fingerprint density at radius 3 is 2.48 bits per heavy atom. The number of carbonyl (C=O) groups is 2. The second-order valence-electron chi connectivity index (χ2n) is 6.52. The van der Waals surface area contributed by atoms with Crippen molar-refractivity contribution in [2.24, 2.45) is 5.73 Å². The highest BCUT2D eigenvalue weighted by Crippen LogP contribution is 2.18. The summed E-state index contributed by atoms with van der Waals surface area (Å²) in [6, 6.07) is 14.7. The minimum atomic E-state index is -0.416. The molecule has 0 fully saturated rings. The largest absolute Gasteiger partial charge is 0.493 e. The zero-order valence-electron chi connectivity index (χ0n) is 16.1. The molecule has 0 bridgehead atoms. The molecule has 3 rings (SSSR count). The summed E-state index contributed by atoms with van der Waals surface area (Å²) < 4.78 is 10.6. The number of nitrogens with two attached hydrogens (primary N) is 1. The Bertz CT molecular complexity index is 965. The molecule has 0 aliphatic carbocycles. The first kappa shape index (κ1) is 20.1. The van der Waals surface area contributed by atoms with Crippen molar-refractivity contribution in [3.8, 4) is 17.1 Å². The predicted molar refractivity (Wildman–Crippen MR) is 107 cm³/mol. The molecule has 0 atom stereocenters. The van der Waals surface area contributed by atoms with Crippen LogP contribution in [0.5, 0.6) is 5.75 Å². The lowest BCUT2D eigenvalue weighted by molar-refractivity contribution is -0.118. The maximum atomic E-state index is 12.1. The zero-order valence-corrected chi connectivity index (χ0v) is 16.1. The first-order valence-corrected chi connectivity index (χ1v) is 9.20. The van der Waals surface area contributed by atoms with Crippen molar-refractivity contribution in [1.29, 1.82) is 0 Å². The van der Waals surface area contributed by atoms with Crippen molar-refractivity contribution in [2.75, 3.05) is 11.9 Å². The smallest absolute Gasteiger partial charge is 0.227 e. The molecule has 8 heteroatoms. The number of rotatable bonds is 9. The number of hydrogen-bond acceptors (Lipinski definition) is 6. The van der Waals surface area contributed by atoms with E-state index in [0.29, 0.717) is 29.6 Å². The normalized spacial score (nSPS) is 10.5. The quantitative estimate of drug-likeness (QED) is 0.576. The van der Waals surface area contributed by atoms with E-state index >= 15 is 0 Å². The number of ether oxygens (including phenoxy) is 1. The van der Waals surface area contributed by atoms with Gasteiger partial charge in [-0.2, -0.15) is 4.98 Å². The van der Waals surface area contributed by atoms with Crippen LogP contribution in [0, 0.1) is 6.92 Å². The van der Waals surface area contributed by atoms with E-state index in [2.05, 4.69) is 15.5 Å². The number of hydrogen-bond donors (Lipinski definition) is 2. The molecular weight excluding hydrogens is 372 g/mol. The van der Waals surface area contributed by atoms with Gasteiger partial charge in [0.1, 0.15) is 5.75 Å². The van der Waals surface area contributed by atoms with Crippen molar-refractivity contribution >= 4 is 17.5 Å². The number of aryl methyl sites for hydroxylation is 2. The maximum Gasteiger partial charge on any atom is 0.227 e. The fourth-order valence-electron chi connectivity index (χ4n) is 2.52. The second-order valence-corrected chi connectivity index (χ2v) is 6.52. The average molecular weight is 394 g/mol. The summed E-state index contributed by atoms with van der Waals surface area (Å²) in [5, 5.41) is 6.76. The van der Waals surface area contributed by atoms with Crippen LogP contribution in [0.1, 0.15) is 24.3 Å². The third-order valence-corrected chi connectivity index (χ3v) is 4.10. The summed E-state index contributed by atoms with van der Waals surface area (Å²) in [5.74, 6) is 0.934. The topological polar surface area (TPSA) is 120 Å². The lowest BCUT2D eigenvalue weighted by Crippen LogP contribution is -2.14. The minimum absolute atomic E-state index is 0.153. The fourth-order valence-corrected chi connectivity index (χ4v) is 2.52. The van der Waals surface area contributed by atoms with Gasteiger partial charge in [0, 0.05) is 24.1 Å². The highest BCUT2D eigenvalue weighted by atomic mass is 16.5. The molecule has 29 heavy (non-hydrogen) atoms. The van der Waals surface area contributed by atoms with Gasteiger partial charge in [0.05, 0.1) is 13.0 Å². The summed E-state index contributed by atoms with van der Waals surface area (Å²) in [6.07, 6.45) is 0.713. The summed E-state index contributed by atoms with van der Waals surface area (Å²) in [6.45, 7) is 2.23. The van der Waals surface area contributed by atoms with Gasteiger partial charge in [-0.1, -0.05) is 35.0 Å². The minimum Gasteiger partial charge on any atom is -0.493 e. The van der Waals surface area contributed by atoms with E-state index in [-0.39, 0.29) is 25.4 Å². The van der Waals surface area contributed by atoms with Crippen LogP contribution in [-0.2, 0) is 16.0 Å². The summed E-state index contributed by atoms with van der Waals surface area (Å²) >= 11 is 0. The van der Waals surface area contributed by atoms with Crippen LogP contribution < -0.4 is 15.8 Å². The van der Waals surface area contributed by atoms with E-state index in [4.69, 9.17) is 15.0 Å². The van der Waals surface area contributed by atoms with Gasteiger partial charge in [-0.15, -0.1) is 0 Å². The lowest BCUT2D eigenvalue weighted by atomic mass is 10.1. The first-order chi connectivity index (χ1) is 14.0. The number of aromatic nitrogens is 2. The molecule has 0 spiro atoms. The van der Waals surface area contributed by atoms with Gasteiger partial charge in [-0.3, -0.25) is 9.59 Å². The van der Waals surface area contributed by atoms with Crippen LogP contribution in [0.15, 0.2) is 53.1 Å². The molecule has 150 valence electrons. The Hall–Kier alpha value is -3.68. The molecule has 1 aromatic heterocycles. The molecule has 3 aromatic rings. The lowest BCUT2D eigenvalue weighted by Gasteiger charge is -2.07. The molecule has 2 amide bonds. The predicted octanol–water partition coefficient (Wildman–Crippen LogP) is 2.87. The Labute approximate surface area is 168 Å². The Kier molecular flexibility index (Phi) is 6.57. The molecular formula is C21H22N4O4. The Morgan fingerprint density at radius 2 is 1.79 bits per heavy atom. The van der Waals surface area contributed by atoms with Gasteiger partial charge in [-0.25, -0.2) is 0 Å². The average Bonchev–Trinajstić information content (AvgIpc) is 3.17. The van der Waals surface area contributed by atoms with Crippen LogP contribution in [0.25, 0.3) is 11.4 Å². The standard InChI is InChI=1S/C21H22N4O4/c1-14-2-4-15(5-3-14)21-24-20(29-25-21)11-10-19(27)23-16-6-8-17(9-7-16)28-13-12-18(22)26/h2-9H,10-13H2,1H3,(H2,22,26)(H,23,27).